The molecule has 5 aromatic rings. The topological polar surface area (TPSA) is 126 Å². The van der Waals surface area contributed by atoms with Gasteiger partial charge >= 0.3 is 0 Å². The fourth-order valence-corrected chi connectivity index (χ4v) is 6.11. The predicted molar refractivity (Wildman–Crippen MR) is 176 cm³/mol. The van der Waals surface area contributed by atoms with E-state index in [9.17, 15) is 19.7 Å². The quantitative estimate of drug-likeness (QED) is 0.0809. The summed E-state index contributed by atoms with van der Waals surface area (Å²) < 4.78 is 11.8. The molecule has 2 N–H and O–H groups in total. The largest absolute Gasteiger partial charge is 0.486 e. The predicted octanol–water partition coefficient (Wildman–Crippen LogP) is 9.24. The number of non-ortho nitro benzene ring substituents is 1. The van der Waals surface area contributed by atoms with E-state index < -0.39 is 16.4 Å². The van der Waals surface area contributed by atoms with E-state index in [2.05, 4.69) is 0 Å². The van der Waals surface area contributed by atoms with Gasteiger partial charge < -0.3 is 14.9 Å². The Bertz CT molecular complexity index is 1950. The second-order valence-corrected chi connectivity index (χ2v) is 11.7. The minimum Gasteiger partial charge on any atom is -0.486 e. The first-order valence-corrected chi connectivity index (χ1v) is 15.1. The molecule has 2 unspecified atom stereocenters. The molecule has 1 aliphatic heterocycles. The molecule has 2 heterocycles. The molecule has 0 bridgehead atoms. The zero-order valence-electron chi connectivity index (χ0n) is 24.8. The first-order chi connectivity index (χ1) is 21.5. The minimum absolute atomic E-state index is 0.0806. The van der Waals surface area contributed by atoms with Crippen molar-refractivity contribution in [2.75, 3.05) is 5.73 Å². The molecule has 45 heavy (non-hydrogen) atoms. The van der Waals surface area contributed by atoms with Crippen LogP contribution in [-0.2, 0) is 6.42 Å². The number of carbonyl (C=O) groups excluding carboxylic acids is 2. The molecule has 0 fully saturated rings. The van der Waals surface area contributed by atoms with Gasteiger partial charge in [0.05, 0.1) is 26.4 Å². The number of halogens is 2. The number of carbonyl (C=O) groups is 2. The number of nitrogens with zero attached hydrogens (tertiary/aromatic N) is 1. The number of anilines is 1. The monoisotopic (exact) mass is 644 g/mol. The maximum atomic E-state index is 13.2. The molecule has 1 aliphatic rings. The lowest BCUT2D eigenvalue weighted by molar-refractivity contribution is -0.384. The molecule has 0 radical (unpaired) electrons. The van der Waals surface area contributed by atoms with Crippen LogP contribution >= 0.6 is 23.2 Å². The van der Waals surface area contributed by atoms with Gasteiger partial charge in [0.15, 0.2) is 11.6 Å². The van der Waals surface area contributed by atoms with Crippen molar-refractivity contribution < 1.29 is 23.7 Å². The number of nitrogens with two attached hydrogens (primary N) is 1. The third-order valence-electron chi connectivity index (χ3n) is 8.03. The summed E-state index contributed by atoms with van der Waals surface area (Å²) >= 11 is 12.3. The molecule has 0 saturated carbocycles. The van der Waals surface area contributed by atoms with Gasteiger partial charge in [-0.25, -0.2) is 0 Å². The molecule has 230 valence electrons. The van der Waals surface area contributed by atoms with Crippen molar-refractivity contribution >= 4 is 57.1 Å². The lowest BCUT2D eigenvalue weighted by Gasteiger charge is -2.29. The summed E-state index contributed by atoms with van der Waals surface area (Å²) in [6.07, 6.45) is 1.28. The van der Waals surface area contributed by atoms with Crippen molar-refractivity contribution in [2.45, 2.75) is 45.1 Å². The van der Waals surface area contributed by atoms with E-state index in [0.29, 0.717) is 51.8 Å². The highest BCUT2D eigenvalue weighted by Crippen LogP contribution is 2.48. The first-order valence-electron chi connectivity index (χ1n) is 14.3. The number of rotatable bonds is 7. The van der Waals surface area contributed by atoms with Gasteiger partial charge in [-0.05, 0) is 49.7 Å². The van der Waals surface area contributed by atoms with E-state index in [1.54, 1.807) is 18.2 Å². The van der Waals surface area contributed by atoms with Crippen molar-refractivity contribution in [3.63, 3.8) is 0 Å². The van der Waals surface area contributed by atoms with Crippen LogP contribution in [0.25, 0.3) is 11.0 Å². The van der Waals surface area contributed by atoms with Crippen molar-refractivity contribution in [1.29, 1.82) is 0 Å². The summed E-state index contributed by atoms with van der Waals surface area (Å²) in [7, 11) is 0. The van der Waals surface area contributed by atoms with Crippen LogP contribution in [0.15, 0.2) is 89.3 Å². The molecule has 2 atom stereocenters. The van der Waals surface area contributed by atoms with Crippen molar-refractivity contribution in [3.05, 3.63) is 133 Å². The Morgan fingerprint density at radius 3 is 2.27 bits per heavy atom. The number of hydrogen-bond acceptors (Lipinski definition) is 7. The number of Topliss-reactive ketones (excluding diaryl/α,β-unsaturated/α-hetero) is 1. The lowest BCUT2D eigenvalue weighted by atomic mass is 9.78. The lowest BCUT2D eigenvalue weighted by Crippen LogP contribution is -2.38. The molecule has 8 nitrogen and oxygen atoms in total. The third-order valence-corrected chi connectivity index (χ3v) is 8.66. The number of nitro benzene ring substituents is 1. The summed E-state index contributed by atoms with van der Waals surface area (Å²) in [4.78, 5) is 36.3. The SMILES string of the molecule is CCC1(C)Oc2ccccc2C1C(=O)c1ccc([N+](=O)[O-])cc1Cl.CCc1oc2ccccc2c1C(=O)c1ccc(N)cc1Cl. The van der Waals surface area contributed by atoms with Gasteiger partial charge in [-0.15, -0.1) is 0 Å². The number of benzene rings is 4. The van der Waals surface area contributed by atoms with Crippen molar-refractivity contribution in [3.8, 4) is 5.75 Å². The molecule has 4 aromatic carbocycles. The summed E-state index contributed by atoms with van der Waals surface area (Å²) in [6, 6.07) is 23.8. The van der Waals surface area contributed by atoms with E-state index in [1.807, 2.05) is 69.3 Å². The maximum absolute atomic E-state index is 13.2. The number of nitro groups is 1. The zero-order chi connectivity index (χ0) is 32.5. The third kappa shape index (κ3) is 6.03. The number of para-hydroxylation sites is 2. The molecule has 10 heteroatoms. The van der Waals surface area contributed by atoms with Crippen LogP contribution in [-0.4, -0.2) is 22.1 Å². The van der Waals surface area contributed by atoms with Crippen LogP contribution < -0.4 is 10.5 Å². The molecular formula is C35H30Cl2N2O6. The van der Waals surface area contributed by atoms with E-state index >= 15 is 0 Å². The van der Waals surface area contributed by atoms with Crippen molar-refractivity contribution in [1.82, 2.24) is 0 Å². The van der Waals surface area contributed by atoms with Crippen LogP contribution in [0.2, 0.25) is 10.0 Å². The fraction of sp³-hybridized carbons (Fsp3) is 0.200. The van der Waals surface area contributed by atoms with Gasteiger partial charge in [0.1, 0.15) is 22.7 Å². The van der Waals surface area contributed by atoms with Gasteiger partial charge in [0.25, 0.3) is 5.69 Å². The molecule has 1 aromatic heterocycles. The van der Waals surface area contributed by atoms with E-state index in [0.717, 1.165) is 10.9 Å². The summed E-state index contributed by atoms with van der Waals surface area (Å²) in [6.45, 7) is 5.82. The fourth-order valence-electron chi connectivity index (χ4n) is 5.56. The van der Waals surface area contributed by atoms with Gasteiger partial charge in [0.2, 0.25) is 0 Å². The molecule has 0 saturated heterocycles. The highest BCUT2D eigenvalue weighted by atomic mass is 35.5. The number of hydrogen-bond donors (Lipinski definition) is 1. The zero-order valence-corrected chi connectivity index (χ0v) is 26.3. The Hall–Kier alpha value is -4.66. The Morgan fingerprint density at radius 1 is 0.933 bits per heavy atom. The smallest absolute Gasteiger partial charge is 0.270 e. The summed E-state index contributed by atoms with van der Waals surface area (Å²) in [5.74, 6) is 0.538. The number of nitrogen functional groups attached to an aromatic ring is 1. The standard InChI is InChI=1S/C18H16ClNO4.C17H14ClNO2/c1-3-18(2)16(13-6-4-5-7-15(13)24-18)17(21)12-9-8-11(20(22)23)10-14(12)19;1-2-14-16(12-5-3-4-6-15(12)21-14)17(20)11-8-7-10(19)9-13(11)18/h4-10,16H,3H2,1-2H3;3-9H,2,19H2,1H3. The number of ether oxygens (including phenoxy) is 1. The van der Waals surface area contributed by atoms with Gasteiger partial charge in [0, 0.05) is 46.3 Å². The number of furan rings is 1. The minimum atomic E-state index is -0.675. The molecule has 0 aliphatic carbocycles. The van der Waals surface area contributed by atoms with E-state index in [1.165, 1.54) is 18.2 Å². The number of aryl methyl sites for hydroxylation is 1. The highest BCUT2D eigenvalue weighted by Gasteiger charge is 2.48. The maximum Gasteiger partial charge on any atom is 0.270 e. The van der Waals surface area contributed by atoms with Gasteiger partial charge in [-0.3, -0.25) is 19.7 Å². The van der Waals surface area contributed by atoms with E-state index in [-0.39, 0.29) is 27.8 Å². The average Bonchev–Trinajstić information content (AvgIpc) is 3.55. The van der Waals surface area contributed by atoms with Crippen LogP contribution in [0.1, 0.15) is 70.7 Å². The second-order valence-electron chi connectivity index (χ2n) is 10.8. The first kappa shape index (κ1) is 31.8. The number of ketones is 2. The van der Waals surface area contributed by atoms with Crippen LogP contribution in [0.5, 0.6) is 5.75 Å². The summed E-state index contributed by atoms with van der Waals surface area (Å²) in [5.41, 5.74) is 8.22. The van der Waals surface area contributed by atoms with Gasteiger partial charge in [-0.2, -0.15) is 0 Å². The molecule has 0 spiro atoms. The van der Waals surface area contributed by atoms with Gasteiger partial charge in [-0.1, -0.05) is 73.4 Å². The Labute approximate surface area is 269 Å². The highest BCUT2D eigenvalue weighted by molar-refractivity contribution is 6.36. The number of fused-ring (bicyclic) bond motifs is 2. The second kappa shape index (κ2) is 12.8. The summed E-state index contributed by atoms with van der Waals surface area (Å²) in [5, 5.41) is 12.1. The van der Waals surface area contributed by atoms with E-state index in [4.69, 9.17) is 38.1 Å². The van der Waals surface area contributed by atoms with Crippen LogP contribution in [0.3, 0.4) is 0 Å². The Morgan fingerprint density at radius 2 is 1.60 bits per heavy atom. The van der Waals surface area contributed by atoms with Crippen molar-refractivity contribution in [2.24, 2.45) is 0 Å². The van der Waals surface area contributed by atoms with Crippen LogP contribution in [0, 0.1) is 10.1 Å². The molecular weight excluding hydrogens is 615 g/mol. The Balaban J connectivity index is 0.000000179. The average molecular weight is 646 g/mol. The Kier molecular flexibility index (Phi) is 9.00. The molecule has 6 rings (SSSR count). The van der Waals surface area contributed by atoms with Crippen LogP contribution in [0.4, 0.5) is 11.4 Å². The molecule has 0 amide bonds. The normalized spacial score (nSPS) is 16.8.